The monoisotopic (exact) mass is 327 g/mol. The van der Waals surface area contributed by atoms with Gasteiger partial charge >= 0.3 is 0 Å². The predicted molar refractivity (Wildman–Crippen MR) is 77.3 cm³/mol. The molecule has 0 spiro atoms. The Morgan fingerprint density at radius 3 is 2.43 bits per heavy atom. The van der Waals surface area contributed by atoms with Gasteiger partial charge in [-0.1, -0.05) is 30.3 Å². The zero-order chi connectivity index (χ0) is 17.1. The van der Waals surface area contributed by atoms with E-state index in [-0.39, 0.29) is 18.4 Å². The van der Waals surface area contributed by atoms with Crippen molar-refractivity contribution in [2.45, 2.75) is 42.5 Å². The van der Waals surface area contributed by atoms with Crippen LogP contribution in [0.4, 0.5) is 0 Å². The van der Waals surface area contributed by atoms with E-state index >= 15 is 0 Å². The lowest BCUT2D eigenvalue weighted by atomic mass is 9.71. The first-order valence-corrected chi connectivity index (χ1v) is 7.24. The molecule has 0 aliphatic carbocycles. The van der Waals surface area contributed by atoms with E-state index < -0.39 is 36.2 Å². The number of ether oxygens (including phenoxy) is 1. The van der Waals surface area contributed by atoms with E-state index in [1.165, 1.54) is 12.1 Å². The maximum Gasteiger partial charge on any atom is 0.194 e. The van der Waals surface area contributed by atoms with Crippen LogP contribution in [-0.2, 0) is 15.1 Å². The molecule has 5 atom stereocenters. The number of aliphatic hydroxyl groups is 4. The van der Waals surface area contributed by atoms with Crippen LogP contribution in [0.3, 0.4) is 0 Å². The first-order chi connectivity index (χ1) is 11.0. The quantitative estimate of drug-likeness (QED) is 0.278. The number of hydrogen-bond acceptors (Lipinski definition) is 8. The summed E-state index contributed by atoms with van der Waals surface area (Å²) in [4.78, 5) is 10.7. The molecule has 23 heavy (non-hydrogen) atoms. The van der Waals surface area contributed by atoms with Gasteiger partial charge in [0.25, 0.3) is 0 Å². The highest BCUT2D eigenvalue weighted by molar-refractivity contribution is 5.49. The summed E-state index contributed by atoms with van der Waals surface area (Å²) < 4.78 is 5.38. The number of carbonyl (C=O) groups excluding carboxylic acids is 1. The Balaban J connectivity index is 2.59. The predicted octanol–water partition coefficient (Wildman–Crippen LogP) is -1.36. The Hall–Kier alpha value is -1.39. The summed E-state index contributed by atoms with van der Waals surface area (Å²) >= 11 is 0. The van der Waals surface area contributed by atoms with Gasteiger partial charge in [0, 0.05) is 12.8 Å². The Labute approximate surface area is 132 Å². The van der Waals surface area contributed by atoms with Gasteiger partial charge in [-0.25, -0.2) is 0 Å². The van der Waals surface area contributed by atoms with Crippen LogP contribution in [0.5, 0.6) is 0 Å². The minimum Gasteiger partial charge on any atom is -0.394 e. The van der Waals surface area contributed by atoms with Gasteiger partial charge in [0.1, 0.15) is 30.1 Å². The van der Waals surface area contributed by atoms with Crippen molar-refractivity contribution in [3.05, 3.63) is 35.9 Å². The molecule has 1 aromatic carbocycles. The van der Waals surface area contributed by atoms with Crippen molar-refractivity contribution in [2.24, 2.45) is 0 Å². The first kappa shape index (κ1) is 18.0. The molecule has 0 aromatic heterocycles. The Bertz CT molecular complexity index is 528. The van der Waals surface area contributed by atoms with Gasteiger partial charge in [0.05, 0.1) is 6.61 Å². The summed E-state index contributed by atoms with van der Waals surface area (Å²) in [5.41, 5.74) is 0.127. The summed E-state index contributed by atoms with van der Waals surface area (Å²) in [5, 5.41) is 50.7. The van der Waals surface area contributed by atoms with Crippen LogP contribution in [0.25, 0.3) is 0 Å². The van der Waals surface area contributed by atoms with Crippen molar-refractivity contribution in [3.63, 3.8) is 0 Å². The molecule has 0 saturated carbocycles. The summed E-state index contributed by atoms with van der Waals surface area (Å²) in [6.45, 7) is -0.655. The van der Waals surface area contributed by atoms with Crippen molar-refractivity contribution in [1.82, 2.24) is 5.48 Å². The summed E-state index contributed by atoms with van der Waals surface area (Å²) in [6.07, 6.45) is -4.38. The molecule has 1 fully saturated rings. The van der Waals surface area contributed by atoms with Crippen LogP contribution in [-0.4, -0.2) is 62.6 Å². The lowest BCUT2D eigenvalue weighted by molar-refractivity contribution is -0.368. The molecule has 1 aliphatic heterocycles. The molecule has 128 valence electrons. The normalized spacial score (nSPS) is 37.5. The van der Waals surface area contributed by atoms with E-state index in [2.05, 4.69) is 0 Å². The van der Waals surface area contributed by atoms with E-state index in [4.69, 9.17) is 4.74 Å². The van der Waals surface area contributed by atoms with Crippen molar-refractivity contribution in [1.29, 1.82) is 0 Å². The summed E-state index contributed by atoms with van der Waals surface area (Å²) in [6, 6.07) is 7.97. The van der Waals surface area contributed by atoms with E-state index in [1.54, 1.807) is 18.2 Å². The average Bonchev–Trinajstić information content (AvgIpc) is 2.58. The second kappa shape index (κ2) is 7.02. The number of aldehydes is 1. The number of nitrogens with one attached hydrogen (secondary N) is 1. The second-order valence-electron chi connectivity index (χ2n) is 5.55. The third-order valence-electron chi connectivity index (χ3n) is 4.30. The fraction of sp³-hybridized carbons (Fsp3) is 0.533. The van der Waals surface area contributed by atoms with Gasteiger partial charge in [0.15, 0.2) is 5.79 Å². The molecule has 2 rings (SSSR count). The first-order valence-electron chi connectivity index (χ1n) is 7.24. The fourth-order valence-electron chi connectivity index (χ4n) is 3.07. The van der Waals surface area contributed by atoms with Crippen molar-refractivity contribution < 1.29 is 35.2 Å². The van der Waals surface area contributed by atoms with Crippen LogP contribution >= 0.6 is 0 Å². The van der Waals surface area contributed by atoms with Crippen molar-refractivity contribution >= 4 is 6.29 Å². The molecule has 1 aromatic rings. The Morgan fingerprint density at radius 2 is 1.91 bits per heavy atom. The molecular weight excluding hydrogens is 306 g/mol. The smallest absolute Gasteiger partial charge is 0.194 e. The van der Waals surface area contributed by atoms with Crippen LogP contribution in [0.15, 0.2) is 30.3 Å². The fourth-order valence-corrected chi connectivity index (χ4v) is 3.07. The molecule has 0 bridgehead atoms. The maximum atomic E-state index is 11.0. The Kier molecular flexibility index (Phi) is 5.48. The van der Waals surface area contributed by atoms with Crippen molar-refractivity contribution in [2.75, 3.05) is 6.61 Å². The van der Waals surface area contributed by atoms with Crippen LogP contribution in [0.2, 0.25) is 0 Å². The molecule has 1 heterocycles. The number of rotatable bonds is 6. The number of benzene rings is 1. The van der Waals surface area contributed by atoms with E-state index in [0.717, 1.165) is 0 Å². The van der Waals surface area contributed by atoms with Crippen molar-refractivity contribution in [3.8, 4) is 0 Å². The van der Waals surface area contributed by atoms with Gasteiger partial charge in [-0.15, -0.1) is 0 Å². The molecule has 0 amide bonds. The van der Waals surface area contributed by atoms with Gasteiger partial charge in [-0.05, 0) is 5.56 Å². The lowest BCUT2D eigenvalue weighted by Gasteiger charge is -2.55. The second-order valence-corrected chi connectivity index (χ2v) is 5.55. The molecule has 1 saturated heterocycles. The van der Waals surface area contributed by atoms with E-state index in [1.807, 2.05) is 5.48 Å². The molecule has 6 N–H and O–H groups in total. The molecular formula is C15H21NO7. The SMILES string of the molecule is O=CCCC1(O)O[C@H](CO)[C@@H](O)[C@H](O)[C@]1(NO)c1ccccc1. The van der Waals surface area contributed by atoms with Gasteiger partial charge < -0.3 is 35.2 Å². The van der Waals surface area contributed by atoms with Gasteiger partial charge in [-0.3, -0.25) is 0 Å². The Morgan fingerprint density at radius 1 is 1.26 bits per heavy atom. The van der Waals surface area contributed by atoms with Gasteiger partial charge in [-0.2, -0.15) is 5.48 Å². The number of aliphatic hydroxyl groups excluding tert-OH is 3. The number of hydroxylamine groups is 1. The number of carbonyl (C=O) groups is 1. The van der Waals surface area contributed by atoms with Crippen LogP contribution in [0, 0.1) is 0 Å². The topological polar surface area (TPSA) is 139 Å². The van der Waals surface area contributed by atoms with Gasteiger partial charge in [0.2, 0.25) is 0 Å². The zero-order valence-electron chi connectivity index (χ0n) is 12.4. The molecule has 0 radical (unpaired) electrons. The highest BCUT2D eigenvalue weighted by atomic mass is 16.7. The third kappa shape index (κ3) is 2.79. The van der Waals surface area contributed by atoms with Crippen LogP contribution < -0.4 is 5.48 Å². The minimum absolute atomic E-state index is 0.117. The van der Waals surface area contributed by atoms with E-state index in [0.29, 0.717) is 6.29 Å². The van der Waals surface area contributed by atoms with E-state index in [9.17, 15) is 30.4 Å². The minimum atomic E-state index is -2.24. The van der Waals surface area contributed by atoms with Crippen LogP contribution in [0.1, 0.15) is 18.4 Å². The maximum absolute atomic E-state index is 11.0. The highest BCUT2D eigenvalue weighted by Crippen LogP contribution is 2.45. The summed E-state index contributed by atoms with van der Waals surface area (Å²) in [5.74, 6) is -2.24. The average molecular weight is 327 g/mol. The molecule has 1 unspecified atom stereocenters. The molecule has 8 heteroatoms. The lowest BCUT2D eigenvalue weighted by Crippen LogP contribution is -2.75. The standard InChI is InChI=1S/C15H21NO7/c17-8-4-7-14(21)15(16-22,10-5-2-1-3-6-10)13(20)12(19)11(9-18)23-14/h1-3,5-6,8,11-13,16,18-22H,4,7,9H2/t11-,12-,13+,14?,15-/m1/s1. The largest absolute Gasteiger partial charge is 0.394 e. The highest BCUT2D eigenvalue weighted by Gasteiger charge is 2.64. The zero-order valence-corrected chi connectivity index (χ0v) is 12.4. The molecule has 8 nitrogen and oxygen atoms in total. The third-order valence-corrected chi connectivity index (χ3v) is 4.30. The number of hydrogen-bond donors (Lipinski definition) is 6. The summed E-state index contributed by atoms with van der Waals surface area (Å²) in [7, 11) is 0. The molecule has 1 aliphatic rings.